The van der Waals surface area contributed by atoms with Crippen LogP contribution < -0.4 is 16.2 Å². The van der Waals surface area contributed by atoms with Crippen molar-refractivity contribution in [3.8, 4) is 16.9 Å². The van der Waals surface area contributed by atoms with Crippen LogP contribution >= 0.6 is 0 Å². The minimum atomic E-state index is -0.509. The molecule has 142 valence electrons. The van der Waals surface area contributed by atoms with Gasteiger partial charge in [0.05, 0.1) is 12.7 Å². The molecule has 5 heteroatoms. The summed E-state index contributed by atoms with van der Waals surface area (Å²) in [4.78, 5) is 23.8. The third-order valence-electron chi connectivity index (χ3n) is 5.58. The number of benzene rings is 2. The van der Waals surface area contributed by atoms with Crippen LogP contribution in [0.3, 0.4) is 0 Å². The van der Waals surface area contributed by atoms with Gasteiger partial charge >= 0.3 is 0 Å². The Bertz CT molecular complexity index is 912. The third kappa shape index (κ3) is 2.87. The number of ether oxygens (including phenoxy) is 1. The van der Waals surface area contributed by atoms with E-state index in [1.807, 2.05) is 24.3 Å². The van der Waals surface area contributed by atoms with E-state index in [1.165, 1.54) is 7.11 Å². The van der Waals surface area contributed by atoms with Crippen LogP contribution in [-0.2, 0) is 5.41 Å². The Morgan fingerprint density at radius 2 is 1.56 bits per heavy atom. The van der Waals surface area contributed by atoms with Crippen molar-refractivity contribution in [2.24, 2.45) is 11.5 Å². The average molecular weight is 366 g/mol. The number of nitrogens with two attached hydrogens (primary N) is 2. The van der Waals surface area contributed by atoms with Crippen LogP contribution in [0.1, 0.15) is 71.4 Å². The second kappa shape index (κ2) is 7.06. The Morgan fingerprint density at radius 3 is 2.07 bits per heavy atom. The molecule has 0 aromatic heterocycles. The lowest BCUT2D eigenvalue weighted by Gasteiger charge is -2.32. The molecule has 0 radical (unpaired) electrons. The predicted molar refractivity (Wildman–Crippen MR) is 106 cm³/mol. The summed E-state index contributed by atoms with van der Waals surface area (Å²) in [7, 11) is 1.53. The third-order valence-corrected chi connectivity index (χ3v) is 5.58. The molecule has 27 heavy (non-hydrogen) atoms. The molecule has 1 aliphatic carbocycles. The quantitative estimate of drug-likeness (QED) is 0.781. The van der Waals surface area contributed by atoms with Gasteiger partial charge in [0.25, 0.3) is 5.91 Å². The molecule has 0 saturated heterocycles. The van der Waals surface area contributed by atoms with E-state index < -0.39 is 11.8 Å². The standard InChI is InChI=1S/C22H26N2O3/c1-4-8-22(9-5-2)17-10-13(20(23)25)6-7-14(17)15-12-19(27-3)16(21(24)26)11-18(15)22/h6-7,10-12H,4-5,8-9H2,1-3H3,(H2,23,25)(H2,24,26). The van der Waals surface area contributed by atoms with E-state index in [-0.39, 0.29) is 5.41 Å². The normalized spacial score (nSPS) is 13.7. The van der Waals surface area contributed by atoms with Gasteiger partial charge in [-0.3, -0.25) is 9.59 Å². The van der Waals surface area contributed by atoms with Crippen LogP contribution in [0.25, 0.3) is 11.1 Å². The van der Waals surface area contributed by atoms with Gasteiger partial charge in [-0.15, -0.1) is 0 Å². The zero-order valence-electron chi connectivity index (χ0n) is 16.1. The molecule has 0 spiro atoms. The Kier molecular flexibility index (Phi) is 4.96. The first-order chi connectivity index (χ1) is 12.9. The monoisotopic (exact) mass is 366 g/mol. The van der Waals surface area contributed by atoms with E-state index >= 15 is 0 Å². The highest BCUT2D eigenvalue weighted by molar-refractivity contribution is 5.99. The molecule has 2 aromatic carbocycles. The van der Waals surface area contributed by atoms with Crippen LogP contribution in [0.15, 0.2) is 30.3 Å². The minimum Gasteiger partial charge on any atom is -0.496 e. The zero-order valence-corrected chi connectivity index (χ0v) is 16.1. The molecule has 0 aliphatic heterocycles. The molecule has 4 N–H and O–H groups in total. The zero-order chi connectivity index (χ0) is 19.8. The van der Waals surface area contributed by atoms with Crippen molar-refractivity contribution in [2.45, 2.75) is 44.9 Å². The summed E-state index contributed by atoms with van der Waals surface area (Å²) in [5, 5.41) is 0. The second-order valence-corrected chi connectivity index (χ2v) is 7.17. The molecule has 0 saturated carbocycles. The maximum atomic E-state index is 12.0. The first-order valence-electron chi connectivity index (χ1n) is 9.36. The highest BCUT2D eigenvalue weighted by atomic mass is 16.5. The molecule has 0 bridgehead atoms. The van der Waals surface area contributed by atoms with Crippen LogP contribution in [0, 0.1) is 0 Å². The minimum absolute atomic E-state index is 0.268. The number of hydrogen-bond acceptors (Lipinski definition) is 3. The Labute approximate surface area is 159 Å². The lowest BCUT2D eigenvalue weighted by atomic mass is 9.71. The van der Waals surface area contributed by atoms with Crippen LogP contribution in [0.2, 0.25) is 0 Å². The lowest BCUT2D eigenvalue weighted by molar-refractivity contribution is 0.0990. The van der Waals surface area contributed by atoms with E-state index in [0.717, 1.165) is 47.9 Å². The van der Waals surface area contributed by atoms with Crippen molar-refractivity contribution in [3.05, 3.63) is 52.6 Å². The van der Waals surface area contributed by atoms with Crippen LogP contribution in [-0.4, -0.2) is 18.9 Å². The Morgan fingerprint density at radius 1 is 0.926 bits per heavy atom. The van der Waals surface area contributed by atoms with Crippen molar-refractivity contribution in [1.82, 2.24) is 0 Å². The van der Waals surface area contributed by atoms with Gasteiger partial charge in [0.15, 0.2) is 0 Å². The van der Waals surface area contributed by atoms with E-state index in [4.69, 9.17) is 16.2 Å². The highest BCUT2D eigenvalue weighted by Gasteiger charge is 2.43. The molecule has 0 unspecified atom stereocenters. The first kappa shape index (κ1) is 19.0. The Balaban J connectivity index is 2.38. The summed E-state index contributed by atoms with van der Waals surface area (Å²) in [6, 6.07) is 9.40. The SMILES string of the molecule is CCCC1(CCC)c2cc(C(N)=O)ccc2-c2cc(OC)c(C(N)=O)cc21. The molecule has 0 heterocycles. The average Bonchev–Trinajstić information content (AvgIpc) is 2.90. The number of hydrogen-bond donors (Lipinski definition) is 2. The number of amides is 2. The van der Waals surface area contributed by atoms with Crippen molar-refractivity contribution in [2.75, 3.05) is 7.11 Å². The summed E-state index contributed by atoms with van der Waals surface area (Å²) in [5.41, 5.74) is 16.0. The maximum Gasteiger partial charge on any atom is 0.252 e. The summed E-state index contributed by atoms with van der Waals surface area (Å²) in [6.07, 6.45) is 3.76. The van der Waals surface area contributed by atoms with Gasteiger partial charge in [-0.05, 0) is 59.4 Å². The summed E-state index contributed by atoms with van der Waals surface area (Å²) in [5.74, 6) is -0.480. The molecule has 1 aliphatic rings. The summed E-state index contributed by atoms with van der Waals surface area (Å²) >= 11 is 0. The van der Waals surface area contributed by atoms with Crippen molar-refractivity contribution >= 4 is 11.8 Å². The number of carbonyl (C=O) groups is 2. The van der Waals surface area contributed by atoms with Gasteiger partial charge in [0.1, 0.15) is 5.75 Å². The predicted octanol–water partition coefficient (Wildman–Crippen LogP) is 3.76. The van der Waals surface area contributed by atoms with Crippen LogP contribution in [0.5, 0.6) is 5.75 Å². The summed E-state index contributed by atoms with van der Waals surface area (Å²) in [6.45, 7) is 4.29. The van der Waals surface area contributed by atoms with Gasteiger partial charge < -0.3 is 16.2 Å². The second-order valence-electron chi connectivity index (χ2n) is 7.17. The fourth-order valence-corrected chi connectivity index (χ4v) is 4.55. The molecule has 2 aromatic rings. The molecule has 0 atom stereocenters. The molecule has 0 fully saturated rings. The Hall–Kier alpha value is -2.82. The number of rotatable bonds is 7. The van der Waals surface area contributed by atoms with Crippen molar-refractivity contribution in [1.29, 1.82) is 0 Å². The fraction of sp³-hybridized carbons (Fsp3) is 0.364. The summed E-state index contributed by atoms with van der Waals surface area (Å²) < 4.78 is 5.42. The van der Waals surface area contributed by atoms with E-state index in [2.05, 4.69) is 13.8 Å². The first-order valence-corrected chi connectivity index (χ1v) is 9.36. The highest BCUT2D eigenvalue weighted by Crippen LogP contribution is 2.55. The fourth-order valence-electron chi connectivity index (χ4n) is 4.55. The molecular formula is C22H26N2O3. The largest absolute Gasteiger partial charge is 0.496 e. The lowest BCUT2D eigenvalue weighted by Crippen LogP contribution is -2.26. The van der Waals surface area contributed by atoms with E-state index in [1.54, 1.807) is 6.07 Å². The van der Waals surface area contributed by atoms with Crippen molar-refractivity contribution in [3.63, 3.8) is 0 Å². The van der Waals surface area contributed by atoms with Gasteiger partial charge in [-0.2, -0.15) is 0 Å². The molecule has 5 nitrogen and oxygen atoms in total. The maximum absolute atomic E-state index is 12.0. The van der Waals surface area contributed by atoms with Crippen molar-refractivity contribution < 1.29 is 14.3 Å². The van der Waals surface area contributed by atoms with Gasteiger partial charge in [-0.1, -0.05) is 32.8 Å². The molecule has 2 amide bonds. The number of carbonyl (C=O) groups excluding carboxylic acids is 2. The number of primary amides is 2. The molecular weight excluding hydrogens is 340 g/mol. The van der Waals surface area contributed by atoms with Gasteiger partial charge in [-0.25, -0.2) is 0 Å². The van der Waals surface area contributed by atoms with Gasteiger partial charge in [0.2, 0.25) is 5.91 Å². The topological polar surface area (TPSA) is 95.4 Å². The van der Waals surface area contributed by atoms with E-state index in [0.29, 0.717) is 16.9 Å². The van der Waals surface area contributed by atoms with Crippen LogP contribution in [0.4, 0.5) is 0 Å². The number of fused-ring (bicyclic) bond motifs is 3. The van der Waals surface area contributed by atoms with E-state index in [9.17, 15) is 9.59 Å². The number of methoxy groups -OCH3 is 1. The smallest absolute Gasteiger partial charge is 0.252 e. The van der Waals surface area contributed by atoms with Gasteiger partial charge in [0, 0.05) is 11.0 Å². The molecule has 3 rings (SSSR count).